The van der Waals surface area contributed by atoms with Gasteiger partial charge in [0.05, 0.1) is 18.7 Å². The summed E-state index contributed by atoms with van der Waals surface area (Å²) in [5, 5.41) is 45.4. The van der Waals surface area contributed by atoms with Crippen molar-refractivity contribution in [2.24, 2.45) is 0 Å². The van der Waals surface area contributed by atoms with E-state index in [1.54, 1.807) is 0 Å². The van der Waals surface area contributed by atoms with Gasteiger partial charge in [-0.25, -0.2) is 0 Å². The van der Waals surface area contributed by atoms with E-state index in [-0.39, 0.29) is 29.6 Å². The van der Waals surface area contributed by atoms with Crippen molar-refractivity contribution in [3.63, 3.8) is 0 Å². The van der Waals surface area contributed by atoms with E-state index in [0.29, 0.717) is 0 Å². The van der Waals surface area contributed by atoms with Crippen molar-refractivity contribution in [1.82, 2.24) is 10.6 Å². The largest absolute Gasteiger partial charge is 1.00 e. The quantitative estimate of drug-likeness (QED) is 0.266. The third-order valence-corrected chi connectivity index (χ3v) is 3.92. The molecule has 0 saturated carbocycles. The maximum absolute atomic E-state index is 11.5. The first-order valence-corrected chi connectivity index (χ1v) is 7.53. The van der Waals surface area contributed by atoms with Gasteiger partial charge in [-0.15, -0.1) is 0 Å². The maximum atomic E-state index is 11.5. The topological polar surface area (TPSA) is 177 Å². The van der Waals surface area contributed by atoms with Gasteiger partial charge in [-0.1, -0.05) is 0 Å². The second-order valence-electron chi connectivity index (χ2n) is 5.80. The van der Waals surface area contributed by atoms with Crippen LogP contribution < -0.4 is 45.3 Å². The molecule has 1 rings (SSSR count). The fourth-order valence-corrected chi connectivity index (χ4v) is 2.76. The van der Waals surface area contributed by atoms with Crippen molar-refractivity contribution in [3.8, 4) is 0 Å². The molecule has 11 nitrogen and oxygen atoms in total. The number of hydrogen-bond donors (Lipinski definition) is 5. The molecule has 0 aromatic heterocycles. The van der Waals surface area contributed by atoms with Crippen LogP contribution in [0.1, 0.15) is 20.3 Å². The van der Waals surface area contributed by atoms with E-state index < -0.39 is 67.0 Å². The van der Waals surface area contributed by atoms with Gasteiger partial charge in [0, 0.05) is 27.4 Å². The number of aliphatic hydroxyl groups is 3. The summed E-state index contributed by atoms with van der Waals surface area (Å²) in [6, 6.07) is -2.11. The summed E-state index contributed by atoms with van der Waals surface area (Å²) < 4.78 is 10.2. The van der Waals surface area contributed by atoms with Crippen LogP contribution in [0, 0.1) is 0 Å². The number of aliphatic hydroxyl groups excluding tert-OH is 3. The molecule has 2 amide bonds. The minimum absolute atomic E-state index is 0. The number of carbonyl (C=O) groups is 3. The number of hydrogen-bond acceptors (Lipinski definition) is 9. The number of methoxy groups -OCH3 is 1. The molecule has 1 saturated heterocycles. The van der Waals surface area contributed by atoms with E-state index in [0.717, 1.165) is 7.11 Å². The second-order valence-corrected chi connectivity index (χ2v) is 5.80. The van der Waals surface area contributed by atoms with Crippen molar-refractivity contribution in [2.75, 3.05) is 13.7 Å². The van der Waals surface area contributed by atoms with Gasteiger partial charge in [0.25, 0.3) is 0 Å². The number of carbonyl (C=O) groups excluding carboxylic acids is 3. The van der Waals surface area contributed by atoms with Gasteiger partial charge in [-0.2, -0.15) is 0 Å². The molecule has 0 aromatic carbocycles. The number of rotatable bonds is 7. The smallest absolute Gasteiger partial charge is 0.544 e. The molecule has 144 valence electrons. The number of nitrogens with one attached hydrogen (secondary N) is 2. The molecule has 12 heteroatoms. The summed E-state index contributed by atoms with van der Waals surface area (Å²) >= 11 is 0. The molecule has 0 radical (unpaired) electrons. The molecule has 0 aliphatic carbocycles. The van der Waals surface area contributed by atoms with Crippen molar-refractivity contribution >= 4 is 17.8 Å². The Morgan fingerprint density at radius 3 is 2.19 bits per heavy atom. The molecule has 0 spiro atoms. The van der Waals surface area contributed by atoms with Gasteiger partial charge in [0.1, 0.15) is 24.3 Å². The number of aliphatic carboxylic acids is 1. The van der Waals surface area contributed by atoms with Gasteiger partial charge in [-0.05, 0) is 0 Å². The van der Waals surface area contributed by atoms with Crippen molar-refractivity contribution in [3.05, 3.63) is 0 Å². The van der Waals surface area contributed by atoms with Crippen LogP contribution in [0.15, 0.2) is 0 Å². The Morgan fingerprint density at radius 2 is 1.81 bits per heavy atom. The van der Waals surface area contributed by atoms with Crippen LogP contribution in [0.5, 0.6) is 0 Å². The predicted molar refractivity (Wildman–Crippen MR) is 78.5 cm³/mol. The summed E-state index contributed by atoms with van der Waals surface area (Å²) in [7, 11) is 1.03. The zero-order chi connectivity index (χ0) is 19.4. The summed E-state index contributed by atoms with van der Waals surface area (Å²) in [4.78, 5) is 34.5. The van der Waals surface area contributed by atoms with E-state index in [1.807, 2.05) is 0 Å². The Bertz CT molecular complexity index is 521. The molecule has 1 aliphatic rings. The van der Waals surface area contributed by atoms with Gasteiger partial charge in [-0.3, -0.25) is 9.59 Å². The summed E-state index contributed by atoms with van der Waals surface area (Å²) in [5.41, 5.74) is 0. The first-order valence-electron chi connectivity index (χ1n) is 7.53. The zero-order valence-corrected chi connectivity index (χ0v) is 17.1. The van der Waals surface area contributed by atoms with Crippen LogP contribution in [0.3, 0.4) is 0 Å². The van der Waals surface area contributed by atoms with Crippen molar-refractivity contribution < 1.29 is 73.8 Å². The fourth-order valence-electron chi connectivity index (χ4n) is 2.76. The number of amides is 2. The number of ether oxygens (including phenoxy) is 2. The summed E-state index contributed by atoms with van der Waals surface area (Å²) in [6.07, 6.45) is -5.41. The molecule has 26 heavy (non-hydrogen) atoms. The first-order chi connectivity index (χ1) is 11.6. The second kappa shape index (κ2) is 10.5. The normalized spacial score (nSPS) is 30.5. The predicted octanol–water partition coefficient (Wildman–Crippen LogP) is -7.40. The zero-order valence-electron chi connectivity index (χ0n) is 15.1. The summed E-state index contributed by atoms with van der Waals surface area (Å²) in [6.45, 7) is 1.51. The van der Waals surface area contributed by atoms with E-state index in [2.05, 4.69) is 10.6 Å². The van der Waals surface area contributed by atoms with Gasteiger partial charge < -0.3 is 45.3 Å². The standard InChI is InChI=1S/C14H24N2O9.Na/c1-6(18)15-8-4-14(24-3,13(22)23)25-12(10(8)16-7(2)19)11(21)9(20)5-17;/h8-12,17,20-21H,4-5H2,1-3H3,(H,15,18)(H,16,19)(H,22,23);/q;+1/p-1/t8-,9+,10+,11+,12+,14+;/m0./s1. The average molecular weight is 386 g/mol. The molecule has 1 aliphatic heterocycles. The number of carboxylic acids is 1. The molecule has 0 unspecified atom stereocenters. The molecule has 1 heterocycles. The first kappa shape index (κ1) is 25.2. The van der Waals surface area contributed by atoms with Crippen LogP contribution in [0.2, 0.25) is 0 Å². The van der Waals surface area contributed by atoms with Gasteiger partial charge in [0.2, 0.25) is 17.6 Å². The van der Waals surface area contributed by atoms with E-state index in [1.165, 1.54) is 13.8 Å². The fraction of sp³-hybridized carbons (Fsp3) is 0.786. The van der Waals surface area contributed by atoms with E-state index in [9.17, 15) is 29.7 Å². The molecule has 6 atom stereocenters. The third kappa shape index (κ3) is 5.86. The Kier molecular flexibility index (Phi) is 10.2. The van der Waals surface area contributed by atoms with Gasteiger partial charge in [0.15, 0.2) is 0 Å². The molecule has 1 fully saturated rings. The average Bonchev–Trinajstić information content (AvgIpc) is 2.53. The van der Waals surface area contributed by atoms with E-state index >= 15 is 0 Å². The third-order valence-electron chi connectivity index (χ3n) is 3.92. The van der Waals surface area contributed by atoms with Gasteiger partial charge >= 0.3 is 29.6 Å². The SMILES string of the molecule is CO[C@]1(C(=O)[O-])C[C@H](NC(C)=O)[C@@H](NC(C)=O)[C@H]([C@H](O)[C@H](O)CO)O1.[Na+]. The van der Waals surface area contributed by atoms with Crippen LogP contribution in [-0.4, -0.2) is 83.0 Å². The summed E-state index contributed by atoms with van der Waals surface area (Å²) in [5.74, 6) is -5.16. The molecule has 5 N–H and O–H groups in total. The van der Waals surface area contributed by atoms with Crippen LogP contribution in [0.4, 0.5) is 0 Å². The monoisotopic (exact) mass is 386 g/mol. The Hall–Kier alpha value is -0.790. The maximum Gasteiger partial charge on any atom is 1.00 e. The van der Waals surface area contributed by atoms with Crippen molar-refractivity contribution in [1.29, 1.82) is 0 Å². The Morgan fingerprint density at radius 1 is 1.27 bits per heavy atom. The van der Waals surface area contributed by atoms with Crippen LogP contribution in [0.25, 0.3) is 0 Å². The van der Waals surface area contributed by atoms with Crippen LogP contribution >= 0.6 is 0 Å². The van der Waals surface area contributed by atoms with Crippen molar-refractivity contribution in [2.45, 2.75) is 56.5 Å². The molecule has 0 bridgehead atoms. The number of carboxylic acid groups (broad SMARTS) is 1. The van der Waals surface area contributed by atoms with Crippen LogP contribution in [-0.2, 0) is 23.9 Å². The Balaban J connectivity index is 0.00000625. The molecular weight excluding hydrogens is 363 g/mol. The minimum Gasteiger partial charge on any atom is -0.544 e. The van der Waals surface area contributed by atoms with E-state index in [4.69, 9.17) is 14.6 Å². The molecular formula is C14H23N2NaO9. The molecule has 0 aromatic rings. The minimum atomic E-state index is -2.33. The Labute approximate surface area is 172 Å².